The van der Waals surface area contributed by atoms with Gasteiger partial charge < -0.3 is 9.84 Å². The molecule has 1 aromatic rings. The largest absolute Gasteiger partial charge is 0.360 e. The Balaban J connectivity index is 1.48. The van der Waals surface area contributed by atoms with Gasteiger partial charge in [0.15, 0.2) is 5.82 Å². The van der Waals surface area contributed by atoms with Gasteiger partial charge >= 0.3 is 0 Å². The van der Waals surface area contributed by atoms with Gasteiger partial charge in [-0.2, -0.15) is 0 Å². The van der Waals surface area contributed by atoms with Crippen LogP contribution in [0.3, 0.4) is 0 Å². The van der Waals surface area contributed by atoms with Gasteiger partial charge in [-0.15, -0.1) is 0 Å². The highest BCUT2D eigenvalue weighted by Crippen LogP contribution is 2.60. The first-order valence-corrected chi connectivity index (χ1v) is 9.58. The highest BCUT2D eigenvalue weighted by molar-refractivity contribution is 9.12. The minimum atomic E-state index is -0.455. The Kier molecular flexibility index (Phi) is 3.83. The highest BCUT2D eigenvalue weighted by Gasteiger charge is 2.66. The van der Waals surface area contributed by atoms with Crippen LogP contribution in [0.1, 0.15) is 12.2 Å². The van der Waals surface area contributed by atoms with Gasteiger partial charge in [0, 0.05) is 15.7 Å². The van der Waals surface area contributed by atoms with Gasteiger partial charge in [0.25, 0.3) is 0 Å². The SMILES string of the molecule is Cc1cc(NC(=O)CN2C(=O)[C@@H]3[C@@H]4C[C@@H]([C@H](Br)[C@H]4Br)[C@@H]3C2=O)no1. The Hall–Kier alpha value is -1.22. The van der Waals surface area contributed by atoms with Crippen LogP contribution in [0, 0.1) is 30.6 Å². The normalized spacial score (nSPS) is 37.2. The Labute approximate surface area is 154 Å². The number of halogens is 2. The summed E-state index contributed by atoms with van der Waals surface area (Å²) in [7, 11) is 0. The molecule has 1 N–H and O–H groups in total. The molecule has 0 radical (unpaired) electrons. The molecule has 7 nitrogen and oxygen atoms in total. The number of aryl methyl sites for hydroxylation is 1. The van der Waals surface area contributed by atoms with Gasteiger partial charge in [-0.05, 0) is 25.2 Å². The maximum absolute atomic E-state index is 12.7. The van der Waals surface area contributed by atoms with Crippen LogP contribution in [0.5, 0.6) is 0 Å². The van der Waals surface area contributed by atoms with Crippen molar-refractivity contribution >= 4 is 55.4 Å². The Bertz CT molecular complexity index is 704. The van der Waals surface area contributed by atoms with Crippen molar-refractivity contribution in [2.75, 3.05) is 11.9 Å². The zero-order chi connectivity index (χ0) is 17.2. The maximum atomic E-state index is 12.7. The summed E-state index contributed by atoms with van der Waals surface area (Å²) in [6, 6.07) is 1.57. The lowest BCUT2D eigenvalue weighted by molar-refractivity contribution is -0.143. The molecule has 128 valence electrons. The number of nitrogens with zero attached hydrogens (tertiary/aromatic N) is 2. The number of carbonyl (C=O) groups is 3. The van der Waals surface area contributed by atoms with E-state index in [1.807, 2.05) is 0 Å². The molecule has 0 spiro atoms. The van der Waals surface area contributed by atoms with E-state index >= 15 is 0 Å². The quantitative estimate of drug-likeness (QED) is 0.547. The molecule has 1 aliphatic heterocycles. The summed E-state index contributed by atoms with van der Waals surface area (Å²) in [4.78, 5) is 39.0. The molecule has 1 aromatic heterocycles. The summed E-state index contributed by atoms with van der Waals surface area (Å²) in [6.07, 6.45) is 0.872. The van der Waals surface area contributed by atoms with Crippen molar-refractivity contribution in [2.24, 2.45) is 23.7 Å². The summed E-state index contributed by atoms with van der Waals surface area (Å²) < 4.78 is 4.88. The molecule has 9 heteroatoms. The van der Waals surface area contributed by atoms with Crippen molar-refractivity contribution < 1.29 is 18.9 Å². The number of nitrogens with one attached hydrogen (secondary N) is 1. The van der Waals surface area contributed by atoms with Crippen molar-refractivity contribution in [1.29, 1.82) is 0 Å². The van der Waals surface area contributed by atoms with Gasteiger partial charge in [-0.25, -0.2) is 0 Å². The lowest BCUT2D eigenvalue weighted by Crippen LogP contribution is -2.39. The lowest BCUT2D eigenvalue weighted by Gasteiger charge is -2.28. The summed E-state index contributed by atoms with van der Waals surface area (Å²) in [5.74, 6) is -0.386. The molecule has 24 heavy (non-hydrogen) atoms. The second-order valence-electron chi connectivity index (χ2n) is 6.64. The smallest absolute Gasteiger partial charge is 0.245 e. The van der Waals surface area contributed by atoms with E-state index in [-0.39, 0.29) is 57.5 Å². The molecule has 0 unspecified atom stereocenters. The molecule has 2 aliphatic carbocycles. The molecule has 3 aliphatic rings. The Morgan fingerprint density at radius 3 is 2.38 bits per heavy atom. The number of imide groups is 1. The molecule has 4 rings (SSSR count). The van der Waals surface area contributed by atoms with Crippen LogP contribution < -0.4 is 5.32 Å². The second-order valence-corrected chi connectivity index (χ2v) is 8.75. The van der Waals surface area contributed by atoms with Crippen LogP contribution in [0.15, 0.2) is 10.6 Å². The number of alkyl halides is 2. The molecular weight excluding hydrogens is 446 g/mol. The van der Waals surface area contributed by atoms with E-state index in [1.165, 1.54) is 0 Å². The van der Waals surface area contributed by atoms with E-state index in [0.29, 0.717) is 5.76 Å². The Morgan fingerprint density at radius 1 is 1.29 bits per heavy atom. The van der Waals surface area contributed by atoms with E-state index in [4.69, 9.17) is 4.52 Å². The number of anilines is 1. The predicted molar refractivity (Wildman–Crippen MR) is 90.6 cm³/mol. The first-order chi connectivity index (χ1) is 11.4. The molecule has 3 fully saturated rings. The molecular formula is C15H15Br2N3O4. The molecule has 1 saturated heterocycles. The van der Waals surface area contributed by atoms with Crippen molar-refractivity contribution in [3.63, 3.8) is 0 Å². The molecule has 2 heterocycles. The van der Waals surface area contributed by atoms with Gasteiger partial charge in [0.2, 0.25) is 17.7 Å². The Morgan fingerprint density at radius 2 is 1.88 bits per heavy atom. The third-order valence-electron chi connectivity index (χ3n) is 5.28. The molecule has 2 saturated carbocycles. The number of aromatic nitrogens is 1. The average molecular weight is 461 g/mol. The van der Waals surface area contributed by atoms with Crippen LogP contribution in [0.2, 0.25) is 0 Å². The van der Waals surface area contributed by atoms with Crippen molar-refractivity contribution in [2.45, 2.75) is 23.0 Å². The number of rotatable bonds is 3. The summed E-state index contributed by atoms with van der Waals surface area (Å²) in [5, 5.41) is 6.22. The van der Waals surface area contributed by atoms with Crippen LogP contribution in [0.25, 0.3) is 0 Å². The van der Waals surface area contributed by atoms with Gasteiger partial charge in [-0.3, -0.25) is 19.3 Å². The maximum Gasteiger partial charge on any atom is 0.245 e. The fraction of sp³-hybridized carbons (Fsp3) is 0.600. The van der Waals surface area contributed by atoms with Crippen molar-refractivity contribution in [3.8, 4) is 0 Å². The number of hydrogen-bond donors (Lipinski definition) is 1. The summed E-state index contributed by atoms with van der Waals surface area (Å²) in [5.41, 5.74) is 0. The third kappa shape index (κ3) is 2.28. The summed E-state index contributed by atoms with van der Waals surface area (Å²) in [6.45, 7) is 1.43. The first-order valence-electron chi connectivity index (χ1n) is 7.75. The lowest BCUT2D eigenvalue weighted by atomic mass is 9.81. The minimum Gasteiger partial charge on any atom is -0.360 e. The minimum absolute atomic E-state index is 0.145. The zero-order valence-corrected chi connectivity index (χ0v) is 15.9. The second kappa shape index (κ2) is 5.66. The van der Waals surface area contributed by atoms with E-state index < -0.39 is 5.91 Å². The number of fused-ring (bicyclic) bond motifs is 5. The monoisotopic (exact) mass is 459 g/mol. The molecule has 2 bridgehead atoms. The molecule has 3 amide bonds. The standard InChI is InChI=1S/C15H15Br2N3O4/c1-5-2-8(19-24-5)18-9(21)4-20-14(22)10-6-3-7(11(10)15(20)23)13(17)12(6)16/h2,6-7,10-13H,3-4H2,1H3,(H,18,19,21)/t6-,7+,10+,11-,12-,13-/m0/s1. The first kappa shape index (κ1) is 16.3. The van der Waals surface area contributed by atoms with Gasteiger partial charge in [0.05, 0.1) is 11.8 Å². The van der Waals surface area contributed by atoms with Gasteiger partial charge in [0.1, 0.15) is 12.3 Å². The van der Waals surface area contributed by atoms with Crippen LogP contribution in [-0.4, -0.2) is 44.0 Å². The molecule has 0 aromatic carbocycles. The number of hydrogen-bond acceptors (Lipinski definition) is 5. The highest BCUT2D eigenvalue weighted by atomic mass is 79.9. The average Bonchev–Trinajstić information content (AvgIpc) is 3.23. The van der Waals surface area contributed by atoms with E-state index in [0.717, 1.165) is 11.3 Å². The topological polar surface area (TPSA) is 92.5 Å². The van der Waals surface area contributed by atoms with Gasteiger partial charge in [-0.1, -0.05) is 37.0 Å². The van der Waals surface area contributed by atoms with E-state index in [2.05, 4.69) is 42.3 Å². The fourth-order valence-corrected chi connectivity index (χ4v) is 6.19. The van der Waals surface area contributed by atoms with Crippen LogP contribution in [0.4, 0.5) is 5.82 Å². The number of likely N-dealkylation sites (tertiary alicyclic amines) is 1. The van der Waals surface area contributed by atoms with Crippen molar-refractivity contribution in [3.05, 3.63) is 11.8 Å². The zero-order valence-electron chi connectivity index (χ0n) is 12.7. The third-order valence-corrected chi connectivity index (χ3v) is 8.48. The predicted octanol–water partition coefficient (Wildman–Crippen LogP) is 1.70. The fourth-order valence-electron chi connectivity index (χ4n) is 4.32. The van der Waals surface area contributed by atoms with Crippen LogP contribution >= 0.6 is 31.9 Å². The van der Waals surface area contributed by atoms with Crippen LogP contribution in [-0.2, 0) is 14.4 Å². The molecule has 6 atom stereocenters. The number of amides is 3. The van der Waals surface area contributed by atoms with E-state index in [9.17, 15) is 14.4 Å². The van der Waals surface area contributed by atoms with Crippen molar-refractivity contribution in [1.82, 2.24) is 10.1 Å². The summed E-state index contributed by atoms with van der Waals surface area (Å²) >= 11 is 7.27. The van der Waals surface area contributed by atoms with E-state index in [1.54, 1.807) is 13.0 Å². The number of carbonyl (C=O) groups excluding carboxylic acids is 3.